The number of pyridine rings is 1. The van der Waals surface area contributed by atoms with Crippen LogP contribution in [0.4, 0.5) is 5.69 Å². The van der Waals surface area contributed by atoms with Crippen LogP contribution in [0.3, 0.4) is 0 Å². The molecule has 5 nitrogen and oxygen atoms in total. The molecule has 98 valence electrons. The molecule has 0 radical (unpaired) electrons. The number of hydrogen-bond donors (Lipinski definition) is 0. The van der Waals surface area contributed by atoms with Crippen molar-refractivity contribution < 1.29 is 9.66 Å². The Kier molecular flexibility index (Phi) is 4.39. The van der Waals surface area contributed by atoms with Crippen molar-refractivity contribution in [3.05, 3.63) is 51.1 Å². The van der Waals surface area contributed by atoms with Gasteiger partial charge in [-0.1, -0.05) is 17.8 Å². The van der Waals surface area contributed by atoms with Gasteiger partial charge in [0.2, 0.25) is 0 Å². The molecule has 19 heavy (non-hydrogen) atoms. The third-order valence-corrected chi connectivity index (χ3v) is 3.68. The van der Waals surface area contributed by atoms with Crippen molar-refractivity contribution in [1.82, 2.24) is 4.98 Å². The molecule has 0 unspecified atom stereocenters. The average molecular weight is 341 g/mol. The minimum Gasteiger partial charge on any atom is -0.497 e. The SMILES string of the molecule is COc1cccc(Sc2ncc(Br)cc2[N+](=O)[O-])c1. The van der Waals surface area contributed by atoms with E-state index in [4.69, 9.17) is 4.74 Å². The zero-order valence-corrected chi connectivity index (χ0v) is 12.3. The van der Waals surface area contributed by atoms with Gasteiger partial charge in [-0.2, -0.15) is 0 Å². The van der Waals surface area contributed by atoms with E-state index in [2.05, 4.69) is 20.9 Å². The normalized spacial score (nSPS) is 10.2. The molecule has 0 fully saturated rings. The number of hydrogen-bond acceptors (Lipinski definition) is 5. The molecular weight excluding hydrogens is 332 g/mol. The lowest BCUT2D eigenvalue weighted by Gasteiger charge is -2.04. The highest BCUT2D eigenvalue weighted by Gasteiger charge is 2.17. The maximum atomic E-state index is 11.0. The van der Waals surface area contributed by atoms with Crippen LogP contribution in [0.15, 0.2) is 50.9 Å². The molecular formula is C12H9BrN2O3S. The fourth-order valence-electron chi connectivity index (χ4n) is 1.40. The van der Waals surface area contributed by atoms with Gasteiger partial charge in [-0.15, -0.1) is 0 Å². The van der Waals surface area contributed by atoms with Gasteiger partial charge in [0.05, 0.1) is 12.0 Å². The number of nitro groups is 1. The highest BCUT2D eigenvalue weighted by atomic mass is 79.9. The Labute approximate surface area is 122 Å². The van der Waals surface area contributed by atoms with Crippen molar-refractivity contribution in [1.29, 1.82) is 0 Å². The van der Waals surface area contributed by atoms with Crippen LogP contribution in [-0.4, -0.2) is 17.0 Å². The van der Waals surface area contributed by atoms with Crippen molar-refractivity contribution in [3.8, 4) is 5.75 Å². The van der Waals surface area contributed by atoms with E-state index in [0.717, 1.165) is 4.90 Å². The summed E-state index contributed by atoms with van der Waals surface area (Å²) in [6.07, 6.45) is 1.54. The van der Waals surface area contributed by atoms with Crippen molar-refractivity contribution >= 4 is 33.4 Å². The second kappa shape index (κ2) is 6.03. The summed E-state index contributed by atoms with van der Waals surface area (Å²) in [4.78, 5) is 15.5. The maximum Gasteiger partial charge on any atom is 0.302 e. The van der Waals surface area contributed by atoms with E-state index in [1.165, 1.54) is 24.0 Å². The summed E-state index contributed by atoms with van der Waals surface area (Å²) < 4.78 is 5.69. The maximum absolute atomic E-state index is 11.0. The lowest BCUT2D eigenvalue weighted by Crippen LogP contribution is -1.93. The predicted octanol–water partition coefficient (Wildman–Crippen LogP) is 3.91. The van der Waals surface area contributed by atoms with Gasteiger partial charge >= 0.3 is 5.69 Å². The number of aromatic nitrogens is 1. The first-order valence-electron chi connectivity index (χ1n) is 5.22. The summed E-state index contributed by atoms with van der Waals surface area (Å²) in [5.74, 6) is 0.699. The van der Waals surface area contributed by atoms with Crippen LogP contribution in [-0.2, 0) is 0 Å². The first-order valence-corrected chi connectivity index (χ1v) is 6.83. The molecule has 1 aromatic carbocycles. The van der Waals surface area contributed by atoms with E-state index in [0.29, 0.717) is 15.2 Å². The highest BCUT2D eigenvalue weighted by Crippen LogP contribution is 2.35. The van der Waals surface area contributed by atoms with E-state index < -0.39 is 4.92 Å². The van der Waals surface area contributed by atoms with Crippen LogP contribution in [0.25, 0.3) is 0 Å². The molecule has 0 amide bonds. The van der Waals surface area contributed by atoms with Crippen LogP contribution in [0.5, 0.6) is 5.75 Å². The molecule has 0 N–H and O–H groups in total. The second-order valence-corrected chi connectivity index (χ2v) is 5.49. The van der Waals surface area contributed by atoms with Crippen LogP contribution in [0.2, 0.25) is 0 Å². The number of halogens is 1. The zero-order chi connectivity index (χ0) is 13.8. The summed E-state index contributed by atoms with van der Waals surface area (Å²) >= 11 is 4.40. The molecule has 0 bridgehead atoms. The van der Waals surface area contributed by atoms with Gasteiger partial charge in [-0.3, -0.25) is 10.1 Å². The molecule has 0 saturated carbocycles. The van der Waals surface area contributed by atoms with Crippen LogP contribution in [0.1, 0.15) is 0 Å². The molecule has 0 spiro atoms. The molecule has 0 aliphatic heterocycles. The van der Waals surface area contributed by atoms with Gasteiger partial charge in [0, 0.05) is 21.6 Å². The van der Waals surface area contributed by atoms with Crippen molar-refractivity contribution in [2.24, 2.45) is 0 Å². The van der Waals surface area contributed by atoms with Crippen molar-refractivity contribution in [2.45, 2.75) is 9.92 Å². The molecule has 2 rings (SSSR count). The van der Waals surface area contributed by atoms with E-state index >= 15 is 0 Å². The smallest absolute Gasteiger partial charge is 0.302 e. The monoisotopic (exact) mass is 340 g/mol. The number of benzene rings is 1. The highest BCUT2D eigenvalue weighted by molar-refractivity contribution is 9.10. The zero-order valence-electron chi connectivity index (χ0n) is 9.87. The largest absolute Gasteiger partial charge is 0.497 e. The van der Waals surface area contributed by atoms with E-state index in [-0.39, 0.29) is 5.69 Å². The molecule has 7 heteroatoms. The molecule has 0 aliphatic rings. The standard InChI is InChI=1S/C12H9BrN2O3S/c1-18-9-3-2-4-10(6-9)19-12-11(15(16)17)5-8(13)7-14-12/h2-7H,1H3. The molecule has 0 saturated heterocycles. The lowest BCUT2D eigenvalue weighted by molar-refractivity contribution is -0.388. The van der Waals surface area contributed by atoms with Gasteiger partial charge < -0.3 is 4.74 Å². The topological polar surface area (TPSA) is 65.3 Å². The molecule has 1 aromatic heterocycles. The fraction of sp³-hybridized carbons (Fsp3) is 0.0833. The predicted molar refractivity (Wildman–Crippen MR) is 75.7 cm³/mol. The van der Waals surface area contributed by atoms with Gasteiger partial charge in [0.15, 0.2) is 5.03 Å². The first-order chi connectivity index (χ1) is 9.10. The Balaban J connectivity index is 2.34. The van der Waals surface area contributed by atoms with Crippen LogP contribution >= 0.6 is 27.7 Å². The fourth-order valence-corrected chi connectivity index (χ4v) is 2.61. The third kappa shape index (κ3) is 3.45. The van der Waals surface area contributed by atoms with Gasteiger partial charge in [-0.05, 0) is 34.1 Å². The third-order valence-electron chi connectivity index (χ3n) is 2.25. The second-order valence-electron chi connectivity index (χ2n) is 3.52. The summed E-state index contributed by atoms with van der Waals surface area (Å²) in [6, 6.07) is 8.73. The van der Waals surface area contributed by atoms with E-state index in [9.17, 15) is 10.1 Å². The molecule has 1 heterocycles. The van der Waals surface area contributed by atoms with Gasteiger partial charge in [0.25, 0.3) is 0 Å². The molecule has 0 aliphatic carbocycles. The Bertz CT molecular complexity index is 622. The average Bonchev–Trinajstić information content (AvgIpc) is 2.41. The summed E-state index contributed by atoms with van der Waals surface area (Å²) in [6.45, 7) is 0. The number of methoxy groups -OCH3 is 1. The Hall–Kier alpha value is -1.60. The first kappa shape index (κ1) is 13.8. The Morgan fingerprint density at radius 3 is 2.89 bits per heavy atom. The molecule has 2 aromatic rings. The van der Waals surface area contributed by atoms with Crippen LogP contribution in [0, 0.1) is 10.1 Å². The molecule has 0 atom stereocenters. The van der Waals surface area contributed by atoms with Crippen LogP contribution < -0.4 is 4.74 Å². The van der Waals surface area contributed by atoms with E-state index in [1.54, 1.807) is 13.2 Å². The minimum atomic E-state index is -0.444. The number of ether oxygens (including phenoxy) is 1. The summed E-state index contributed by atoms with van der Waals surface area (Å²) in [5.41, 5.74) is -0.0257. The van der Waals surface area contributed by atoms with Gasteiger partial charge in [-0.25, -0.2) is 4.98 Å². The minimum absolute atomic E-state index is 0.0257. The lowest BCUT2D eigenvalue weighted by atomic mass is 10.3. The Morgan fingerprint density at radius 1 is 1.42 bits per heavy atom. The summed E-state index contributed by atoms with van der Waals surface area (Å²) in [5, 5.41) is 11.3. The summed E-state index contributed by atoms with van der Waals surface area (Å²) in [7, 11) is 1.57. The Morgan fingerprint density at radius 2 is 2.21 bits per heavy atom. The number of rotatable bonds is 4. The van der Waals surface area contributed by atoms with Gasteiger partial charge in [0.1, 0.15) is 5.75 Å². The van der Waals surface area contributed by atoms with E-state index in [1.807, 2.05) is 18.2 Å². The van der Waals surface area contributed by atoms with Crippen molar-refractivity contribution in [3.63, 3.8) is 0 Å². The number of nitrogens with zero attached hydrogens (tertiary/aromatic N) is 2. The quantitative estimate of drug-likeness (QED) is 0.623. The van der Waals surface area contributed by atoms with Crippen molar-refractivity contribution in [2.75, 3.05) is 7.11 Å².